The molecule has 2 aromatic rings. The zero-order valence-corrected chi connectivity index (χ0v) is 23.2. The summed E-state index contributed by atoms with van der Waals surface area (Å²) in [5, 5.41) is 3.76. The molecule has 0 radical (unpaired) electrons. The van der Waals surface area contributed by atoms with Crippen LogP contribution in [0.1, 0.15) is 39.2 Å². The van der Waals surface area contributed by atoms with Gasteiger partial charge in [0, 0.05) is 12.6 Å². The minimum absolute atomic E-state index is 0.0300. The average molecular weight is 563 g/mol. The average Bonchev–Trinajstić information content (AvgIpc) is 2.79. The molecule has 0 aliphatic heterocycles. The van der Waals surface area contributed by atoms with Gasteiger partial charge in [-0.05, 0) is 49.6 Å². The molecule has 0 bridgehead atoms. The number of carbonyl (C=O) groups is 2. The highest BCUT2D eigenvalue weighted by Gasteiger charge is 2.32. The monoisotopic (exact) mass is 561 g/mol. The van der Waals surface area contributed by atoms with Gasteiger partial charge in [0.05, 0.1) is 27.0 Å². The molecule has 192 valence electrons. The standard InChI is InChI=1S/C24H30Cl3N3O4S/c1-5-16(3)28-24(32)21(6-2)29(14-17-11-12-18(25)20(27)13-17)23(31)15-30(35(4,33)34)22-10-8-7-9-19(22)26/h7-13,16,21H,5-6,14-15H2,1-4H3,(H,28,32)/t16-,21-/m1/s1. The van der Waals surface area contributed by atoms with Crippen LogP contribution in [0.3, 0.4) is 0 Å². The number of amides is 2. The molecule has 0 aliphatic carbocycles. The number of nitrogens with one attached hydrogen (secondary N) is 1. The van der Waals surface area contributed by atoms with Crippen molar-refractivity contribution in [3.05, 3.63) is 63.1 Å². The molecular formula is C24H30Cl3N3O4S. The Kier molecular flexibility index (Phi) is 10.7. The van der Waals surface area contributed by atoms with Crippen LogP contribution in [0.2, 0.25) is 15.1 Å². The number of nitrogens with zero attached hydrogens (tertiary/aromatic N) is 2. The first-order valence-corrected chi connectivity index (χ1v) is 14.1. The molecule has 0 spiro atoms. The van der Waals surface area contributed by atoms with E-state index in [0.29, 0.717) is 22.0 Å². The highest BCUT2D eigenvalue weighted by atomic mass is 35.5. The van der Waals surface area contributed by atoms with E-state index in [1.807, 2.05) is 13.8 Å². The van der Waals surface area contributed by atoms with E-state index >= 15 is 0 Å². The summed E-state index contributed by atoms with van der Waals surface area (Å²) >= 11 is 18.4. The molecule has 1 N–H and O–H groups in total. The molecule has 0 heterocycles. The number of anilines is 1. The van der Waals surface area contributed by atoms with Gasteiger partial charge in [-0.15, -0.1) is 0 Å². The molecule has 35 heavy (non-hydrogen) atoms. The zero-order valence-electron chi connectivity index (χ0n) is 20.1. The van der Waals surface area contributed by atoms with E-state index in [1.54, 1.807) is 43.3 Å². The van der Waals surface area contributed by atoms with Gasteiger partial charge in [0.2, 0.25) is 21.8 Å². The van der Waals surface area contributed by atoms with E-state index in [9.17, 15) is 18.0 Å². The maximum atomic E-state index is 13.6. The van der Waals surface area contributed by atoms with Gasteiger partial charge in [0.25, 0.3) is 0 Å². The minimum Gasteiger partial charge on any atom is -0.352 e. The van der Waals surface area contributed by atoms with Crippen LogP contribution in [0.5, 0.6) is 0 Å². The Morgan fingerprint density at radius 1 is 0.971 bits per heavy atom. The van der Waals surface area contributed by atoms with E-state index in [0.717, 1.165) is 17.0 Å². The van der Waals surface area contributed by atoms with E-state index < -0.39 is 28.5 Å². The lowest BCUT2D eigenvalue weighted by Gasteiger charge is -2.33. The highest BCUT2D eigenvalue weighted by Crippen LogP contribution is 2.28. The van der Waals surface area contributed by atoms with Crippen LogP contribution in [0, 0.1) is 0 Å². The highest BCUT2D eigenvalue weighted by molar-refractivity contribution is 7.92. The maximum Gasteiger partial charge on any atom is 0.244 e. The number of halogens is 3. The lowest BCUT2D eigenvalue weighted by Crippen LogP contribution is -2.53. The third-order valence-electron chi connectivity index (χ3n) is 5.52. The van der Waals surface area contributed by atoms with Crippen molar-refractivity contribution in [2.75, 3.05) is 17.1 Å². The maximum absolute atomic E-state index is 13.6. The Morgan fingerprint density at radius 2 is 1.63 bits per heavy atom. The number of rotatable bonds is 11. The molecule has 0 fully saturated rings. The van der Waals surface area contributed by atoms with Gasteiger partial charge in [-0.1, -0.05) is 66.8 Å². The summed E-state index contributed by atoms with van der Waals surface area (Å²) in [6.07, 6.45) is 2.04. The molecular weight excluding hydrogens is 533 g/mol. The van der Waals surface area contributed by atoms with Crippen LogP contribution < -0.4 is 9.62 Å². The Morgan fingerprint density at radius 3 is 2.17 bits per heavy atom. The topological polar surface area (TPSA) is 86.8 Å². The fraction of sp³-hybridized carbons (Fsp3) is 0.417. The number of carbonyl (C=O) groups excluding carboxylic acids is 2. The van der Waals surface area contributed by atoms with Gasteiger partial charge >= 0.3 is 0 Å². The van der Waals surface area contributed by atoms with Crippen LogP contribution in [0.4, 0.5) is 5.69 Å². The van der Waals surface area contributed by atoms with E-state index in [1.165, 1.54) is 11.0 Å². The fourth-order valence-electron chi connectivity index (χ4n) is 3.44. The molecule has 2 rings (SSSR count). The molecule has 0 aromatic heterocycles. The van der Waals surface area contributed by atoms with Crippen LogP contribution in [0.25, 0.3) is 0 Å². The van der Waals surface area contributed by atoms with E-state index in [2.05, 4.69) is 5.32 Å². The third-order valence-corrected chi connectivity index (χ3v) is 7.71. The number of para-hydroxylation sites is 1. The predicted molar refractivity (Wildman–Crippen MR) is 143 cm³/mol. The van der Waals surface area contributed by atoms with Crippen molar-refractivity contribution in [3.63, 3.8) is 0 Å². The second-order valence-corrected chi connectivity index (χ2v) is 11.4. The molecule has 0 aliphatic rings. The molecule has 0 saturated heterocycles. The summed E-state index contributed by atoms with van der Waals surface area (Å²) in [5.74, 6) is -0.883. The summed E-state index contributed by atoms with van der Waals surface area (Å²) in [6.45, 7) is 5.11. The van der Waals surface area contributed by atoms with Crippen molar-refractivity contribution in [1.29, 1.82) is 0 Å². The van der Waals surface area contributed by atoms with Crippen LogP contribution in [0.15, 0.2) is 42.5 Å². The second kappa shape index (κ2) is 12.8. The molecule has 0 saturated carbocycles. The van der Waals surface area contributed by atoms with Gasteiger partial charge in [-0.25, -0.2) is 8.42 Å². The Labute approximate surface area is 222 Å². The Hall–Kier alpha value is -2.00. The largest absolute Gasteiger partial charge is 0.352 e. The molecule has 11 heteroatoms. The first kappa shape index (κ1) is 29.2. The van der Waals surface area contributed by atoms with Crippen molar-refractivity contribution < 1.29 is 18.0 Å². The van der Waals surface area contributed by atoms with Crippen molar-refractivity contribution in [3.8, 4) is 0 Å². The zero-order chi connectivity index (χ0) is 26.3. The van der Waals surface area contributed by atoms with Crippen LogP contribution >= 0.6 is 34.8 Å². The molecule has 0 unspecified atom stereocenters. The molecule has 2 aromatic carbocycles. The van der Waals surface area contributed by atoms with Gasteiger partial charge in [-0.3, -0.25) is 13.9 Å². The van der Waals surface area contributed by atoms with Crippen LogP contribution in [-0.2, 0) is 26.2 Å². The second-order valence-electron chi connectivity index (χ2n) is 8.23. The van der Waals surface area contributed by atoms with Crippen molar-refractivity contribution in [2.24, 2.45) is 0 Å². The smallest absolute Gasteiger partial charge is 0.244 e. The summed E-state index contributed by atoms with van der Waals surface area (Å²) in [5.41, 5.74) is 0.822. The molecule has 2 atom stereocenters. The number of hydrogen-bond donors (Lipinski definition) is 1. The van der Waals surface area contributed by atoms with Crippen molar-refractivity contribution in [2.45, 2.75) is 52.2 Å². The summed E-state index contributed by atoms with van der Waals surface area (Å²) in [4.78, 5) is 28.1. The normalized spacial score (nSPS) is 13.1. The predicted octanol–water partition coefficient (Wildman–Crippen LogP) is 5.13. The summed E-state index contributed by atoms with van der Waals surface area (Å²) in [6, 6.07) is 10.4. The molecule has 2 amide bonds. The fourth-order valence-corrected chi connectivity index (χ4v) is 4.91. The Bertz CT molecular complexity index is 1160. The van der Waals surface area contributed by atoms with Gasteiger partial charge in [0.15, 0.2) is 0 Å². The first-order valence-electron chi connectivity index (χ1n) is 11.1. The lowest BCUT2D eigenvalue weighted by atomic mass is 10.1. The molecule has 7 nitrogen and oxygen atoms in total. The lowest BCUT2D eigenvalue weighted by molar-refractivity contribution is -0.140. The van der Waals surface area contributed by atoms with Gasteiger partial charge in [-0.2, -0.15) is 0 Å². The number of sulfonamides is 1. The first-order chi connectivity index (χ1) is 16.4. The third kappa shape index (κ3) is 8.00. The summed E-state index contributed by atoms with van der Waals surface area (Å²) in [7, 11) is -3.87. The van der Waals surface area contributed by atoms with E-state index in [4.69, 9.17) is 34.8 Å². The summed E-state index contributed by atoms with van der Waals surface area (Å²) < 4.78 is 26.2. The van der Waals surface area contributed by atoms with Gasteiger partial charge in [0.1, 0.15) is 12.6 Å². The number of hydrogen-bond acceptors (Lipinski definition) is 4. The van der Waals surface area contributed by atoms with Gasteiger partial charge < -0.3 is 10.2 Å². The van der Waals surface area contributed by atoms with Crippen LogP contribution in [-0.4, -0.2) is 50.0 Å². The minimum atomic E-state index is -3.87. The van der Waals surface area contributed by atoms with Crippen molar-refractivity contribution >= 4 is 62.3 Å². The SMILES string of the molecule is CC[C@@H](C)NC(=O)[C@@H](CC)N(Cc1ccc(Cl)c(Cl)c1)C(=O)CN(c1ccccc1Cl)S(C)(=O)=O. The quantitative estimate of drug-likeness (QED) is 0.411. The van der Waals surface area contributed by atoms with E-state index in [-0.39, 0.29) is 29.2 Å². The van der Waals surface area contributed by atoms with Crippen molar-refractivity contribution in [1.82, 2.24) is 10.2 Å². The number of benzene rings is 2. The Balaban J connectivity index is 2.48.